The first-order valence-electron chi connectivity index (χ1n) is 10.4. The van der Waals surface area contributed by atoms with E-state index in [1.165, 1.54) is 5.56 Å². The Morgan fingerprint density at radius 1 is 1.17 bits per heavy atom. The third-order valence-corrected chi connectivity index (χ3v) is 5.54. The van der Waals surface area contributed by atoms with Crippen LogP contribution in [0.1, 0.15) is 25.3 Å². The van der Waals surface area contributed by atoms with Gasteiger partial charge in [-0.15, -0.1) is 0 Å². The third kappa shape index (κ3) is 4.66. The summed E-state index contributed by atoms with van der Waals surface area (Å²) in [5.74, 6) is 0.0352. The molecule has 4 rings (SSSR count). The van der Waals surface area contributed by atoms with Crippen molar-refractivity contribution in [1.82, 2.24) is 19.8 Å². The van der Waals surface area contributed by atoms with Gasteiger partial charge in [-0.3, -0.25) is 9.69 Å². The molecule has 2 aromatic heterocycles. The number of pyridine rings is 1. The van der Waals surface area contributed by atoms with E-state index in [4.69, 9.17) is 0 Å². The molecule has 1 amide bonds. The van der Waals surface area contributed by atoms with Crippen LogP contribution in [0.2, 0.25) is 0 Å². The number of likely N-dealkylation sites (N-methyl/N-ethyl adjacent to an activating group) is 1. The lowest BCUT2D eigenvalue weighted by atomic mass is 10.0. The monoisotopic (exact) mass is 391 g/mol. The molecule has 0 radical (unpaired) electrons. The Balaban J connectivity index is 1.55. The number of fused-ring (bicyclic) bond motifs is 1. The van der Waals surface area contributed by atoms with Crippen LogP contribution < -0.4 is 5.32 Å². The molecule has 6 nitrogen and oxygen atoms in total. The molecular formula is C23H29N5O. The predicted octanol–water partition coefficient (Wildman–Crippen LogP) is 3.72. The number of aromatic amines is 1. The van der Waals surface area contributed by atoms with E-state index in [2.05, 4.69) is 62.5 Å². The van der Waals surface area contributed by atoms with E-state index < -0.39 is 0 Å². The third-order valence-electron chi connectivity index (χ3n) is 5.54. The molecule has 2 N–H and O–H groups in total. The molecular weight excluding hydrogens is 362 g/mol. The van der Waals surface area contributed by atoms with Gasteiger partial charge in [0.15, 0.2) is 0 Å². The number of hydrogen-bond donors (Lipinski definition) is 2. The van der Waals surface area contributed by atoms with Gasteiger partial charge in [-0.1, -0.05) is 25.1 Å². The fourth-order valence-corrected chi connectivity index (χ4v) is 3.82. The summed E-state index contributed by atoms with van der Waals surface area (Å²) in [6.45, 7) is 7.45. The van der Waals surface area contributed by atoms with Crippen molar-refractivity contribution >= 4 is 22.6 Å². The SMILES string of the molecule is CCCC(=O)Nc1c[nH]c2ncc(-c3cccc(CN4CCN(C)CC4)c3)cc12. The van der Waals surface area contributed by atoms with Crippen LogP contribution in [0.4, 0.5) is 5.69 Å². The van der Waals surface area contributed by atoms with Crippen molar-refractivity contribution in [2.24, 2.45) is 0 Å². The number of aromatic nitrogens is 2. The Bertz CT molecular complexity index is 988. The molecule has 0 unspecified atom stereocenters. The van der Waals surface area contributed by atoms with Gasteiger partial charge in [-0.2, -0.15) is 0 Å². The Morgan fingerprint density at radius 3 is 2.79 bits per heavy atom. The van der Waals surface area contributed by atoms with Gasteiger partial charge in [-0.05, 0) is 36.7 Å². The highest BCUT2D eigenvalue weighted by Gasteiger charge is 2.14. The van der Waals surface area contributed by atoms with Crippen molar-refractivity contribution < 1.29 is 4.79 Å². The molecule has 1 aliphatic rings. The normalized spacial score (nSPS) is 15.7. The van der Waals surface area contributed by atoms with Crippen molar-refractivity contribution in [3.63, 3.8) is 0 Å². The summed E-state index contributed by atoms with van der Waals surface area (Å²) in [6, 6.07) is 10.8. The number of H-pyrrole nitrogens is 1. The zero-order valence-corrected chi connectivity index (χ0v) is 17.2. The standard InChI is InChI=1S/C23H29N5O/c1-3-5-22(29)26-21-15-25-23-20(21)13-19(14-24-23)18-7-4-6-17(12-18)16-28-10-8-27(2)9-11-28/h4,6-7,12-15H,3,5,8-11,16H2,1-2H3,(H,24,25)(H,26,29). The quantitative estimate of drug-likeness (QED) is 0.672. The summed E-state index contributed by atoms with van der Waals surface area (Å²) in [6.07, 6.45) is 5.07. The van der Waals surface area contributed by atoms with Crippen molar-refractivity contribution in [3.05, 3.63) is 48.3 Å². The molecule has 0 aliphatic carbocycles. The second kappa shape index (κ2) is 8.76. The van der Waals surface area contributed by atoms with Gasteiger partial charge >= 0.3 is 0 Å². The summed E-state index contributed by atoms with van der Waals surface area (Å²) < 4.78 is 0. The van der Waals surface area contributed by atoms with Crippen molar-refractivity contribution in [2.45, 2.75) is 26.3 Å². The highest BCUT2D eigenvalue weighted by molar-refractivity contribution is 6.01. The van der Waals surface area contributed by atoms with E-state index in [-0.39, 0.29) is 5.91 Å². The van der Waals surface area contributed by atoms with Crippen LogP contribution in [0, 0.1) is 0 Å². The van der Waals surface area contributed by atoms with Crippen molar-refractivity contribution in [3.8, 4) is 11.1 Å². The van der Waals surface area contributed by atoms with Gasteiger partial charge in [0.25, 0.3) is 0 Å². The Kier molecular flexibility index (Phi) is 5.92. The van der Waals surface area contributed by atoms with E-state index in [9.17, 15) is 4.79 Å². The lowest BCUT2D eigenvalue weighted by molar-refractivity contribution is -0.116. The summed E-state index contributed by atoms with van der Waals surface area (Å²) in [5.41, 5.74) is 5.11. The summed E-state index contributed by atoms with van der Waals surface area (Å²) in [7, 11) is 2.18. The highest BCUT2D eigenvalue weighted by Crippen LogP contribution is 2.28. The smallest absolute Gasteiger partial charge is 0.224 e. The lowest BCUT2D eigenvalue weighted by Gasteiger charge is -2.32. The minimum Gasteiger partial charge on any atom is -0.344 e. The summed E-state index contributed by atoms with van der Waals surface area (Å²) in [5, 5.41) is 3.93. The van der Waals surface area contributed by atoms with Crippen LogP contribution in [-0.2, 0) is 11.3 Å². The Hall–Kier alpha value is -2.70. The summed E-state index contributed by atoms with van der Waals surface area (Å²) >= 11 is 0. The van der Waals surface area contributed by atoms with Crippen LogP contribution in [0.5, 0.6) is 0 Å². The minimum atomic E-state index is 0.0352. The number of piperazine rings is 1. The molecule has 3 heterocycles. The van der Waals surface area contributed by atoms with Gasteiger partial charge in [0.05, 0.1) is 5.69 Å². The molecule has 1 aromatic carbocycles. The molecule has 29 heavy (non-hydrogen) atoms. The molecule has 3 aromatic rings. The van der Waals surface area contributed by atoms with Gasteiger partial charge in [0, 0.05) is 62.5 Å². The minimum absolute atomic E-state index is 0.0352. The van der Waals surface area contributed by atoms with E-state index in [0.29, 0.717) is 6.42 Å². The number of carbonyl (C=O) groups is 1. The van der Waals surface area contributed by atoms with Crippen LogP contribution in [0.3, 0.4) is 0 Å². The van der Waals surface area contributed by atoms with Crippen LogP contribution in [-0.4, -0.2) is 58.9 Å². The maximum absolute atomic E-state index is 12.0. The molecule has 6 heteroatoms. The van der Waals surface area contributed by atoms with E-state index >= 15 is 0 Å². The molecule has 0 saturated carbocycles. The van der Waals surface area contributed by atoms with Gasteiger partial charge in [-0.25, -0.2) is 4.98 Å². The first-order valence-corrected chi connectivity index (χ1v) is 10.4. The summed E-state index contributed by atoms with van der Waals surface area (Å²) in [4.78, 5) is 24.6. The van der Waals surface area contributed by atoms with Gasteiger partial charge in [0.1, 0.15) is 5.65 Å². The topological polar surface area (TPSA) is 64.3 Å². The molecule has 0 bridgehead atoms. The molecule has 1 saturated heterocycles. The number of rotatable bonds is 6. The number of carbonyl (C=O) groups excluding carboxylic acids is 1. The Labute approximate surface area is 171 Å². The largest absolute Gasteiger partial charge is 0.344 e. The Morgan fingerprint density at radius 2 is 2.00 bits per heavy atom. The average molecular weight is 392 g/mol. The maximum atomic E-state index is 12.0. The van der Waals surface area contributed by atoms with E-state index in [1.54, 1.807) is 0 Å². The van der Waals surface area contributed by atoms with E-state index in [1.807, 2.05) is 19.3 Å². The van der Waals surface area contributed by atoms with Crippen molar-refractivity contribution in [2.75, 3.05) is 38.5 Å². The fraction of sp³-hybridized carbons (Fsp3) is 0.391. The van der Waals surface area contributed by atoms with Crippen molar-refractivity contribution in [1.29, 1.82) is 0 Å². The number of nitrogens with zero attached hydrogens (tertiary/aromatic N) is 3. The van der Waals surface area contributed by atoms with Crippen LogP contribution >= 0.6 is 0 Å². The van der Waals surface area contributed by atoms with Gasteiger partial charge in [0.2, 0.25) is 5.91 Å². The molecule has 152 valence electrons. The number of hydrogen-bond acceptors (Lipinski definition) is 4. The molecule has 1 fully saturated rings. The highest BCUT2D eigenvalue weighted by atomic mass is 16.1. The second-order valence-electron chi connectivity index (χ2n) is 7.90. The maximum Gasteiger partial charge on any atom is 0.224 e. The van der Waals surface area contributed by atoms with Gasteiger partial charge < -0.3 is 15.2 Å². The van der Waals surface area contributed by atoms with Crippen LogP contribution in [0.15, 0.2) is 42.7 Å². The lowest BCUT2D eigenvalue weighted by Crippen LogP contribution is -2.43. The number of benzene rings is 1. The molecule has 0 spiro atoms. The molecule has 1 aliphatic heterocycles. The fourth-order valence-electron chi connectivity index (χ4n) is 3.82. The zero-order chi connectivity index (χ0) is 20.2. The van der Waals surface area contributed by atoms with E-state index in [0.717, 1.165) is 67.0 Å². The number of anilines is 1. The number of nitrogens with one attached hydrogen (secondary N) is 2. The first kappa shape index (κ1) is 19.6. The molecule has 0 atom stereocenters. The first-order chi connectivity index (χ1) is 14.1. The number of amides is 1. The predicted molar refractivity (Wildman–Crippen MR) is 118 cm³/mol. The average Bonchev–Trinajstić information content (AvgIpc) is 3.12. The van der Waals surface area contributed by atoms with Crippen LogP contribution in [0.25, 0.3) is 22.2 Å². The second-order valence-corrected chi connectivity index (χ2v) is 7.90. The zero-order valence-electron chi connectivity index (χ0n) is 17.2.